The molecule has 9 aromatic carbocycles. The van der Waals surface area contributed by atoms with Crippen molar-refractivity contribution in [2.24, 2.45) is 0 Å². The lowest BCUT2D eigenvalue weighted by molar-refractivity contribution is 0.963. The third-order valence-corrected chi connectivity index (χ3v) is 10.8. The SMILES string of the molecule is C/C=C(\C=C/C(C)c1ccc(N(c2ccccc2)c2cc3ccccc3c3ccccc23)cc1)N(c1ccccc1)c1cc2ccccc2c2ccccc12. The molecule has 0 radical (unpaired) electrons. The Morgan fingerprint density at radius 1 is 0.436 bits per heavy atom. The summed E-state index contributed by atoms with van der Waals surface area (Å²) in [6.45, 7) is 4.41. The van der Waals surface area contributed by atoms with Gasteiger partial charge in [-0.3, -0.25) is 0 Å². The van der Waals surface area contributed by atoms with Gasteiger partial charge in [-0.2, -0.15) is 0 Å². The largest absolute Gasteiger partial charge is 0.310 e. The molecule has 0 spiro atoms. The molecule has 0 aliphatic heterocycles. The van der Waals surface area contributed by atoms with Crippen molar-refractivity contribution >= 4 is 71.5 Å². The maximum absolute atomic E-state index is 2.40. The highest BCUT2D eigenvalue weighted by Crippen LogP contribution is 2.43. The van der Waals surface area contributed by atoms with E-state index in [1.165, 1.54) is 54.3 Å². The maximum Gasteiger partial charge on any atom is 0.0546 e. The second-order valence-corrected chi connectivity index (χ2v) is 14.1. The van der Waals surface area contributed by atoms with Gasteiger partial charge < -0.3 is 9.80 Å². The van der Waals surface area contributed by atoms with Crippen LogP contribution >= 0.6 is 0 Å². The zero-order chi connectivity index (χ0) is 37.1. The number of fused-ring (bicyclic) bond motifs is 6. The number of para-hydroxylation sites is 2. The Hall–Kier alpha value is -6.90. The summed E-state index contributed by atoms with van der Waals surface area (Å²) in [5, 5.41) is 9.96. The Morgan fingerprint density at radius 2 is 0.873 bits per heavy atom. The Bertz CT molecular complexity index is 2840. The second-order valence-electron chi connectivity index (χ2n) is 14.1. The normalized spacial score (nSPS) is 12.5. The molecule has 0 aliphatic rings. The van der Waals surface area contributed by atoms with Crippen LogP contribution in [0.1, 0.15) is 25.3 Å². The van der Waals surface area contributed by atoms with Crippen molar-refractivity contribution < 1.29 is 0 Å². The Morgan fingerprint density at radius 3 is 1.44 bits per heavy atom. The smallest absolute Gasteiger partial charge is 0.0546 e. The van der Waals surface area contributed by atoms with Crippen molar-refractivity contribution in [2.45, 2.75) is 19.8 Å². The number of hydrogen-bond acceptors (Lipinski definition) is 2. The van der Waals surface area contributed by atoms with Crippen LogP contribution in [0.4, 0.5) is 28.4 Å². The average Bonchev–Trinajstić information content (AvgIpc) is 3.26. The molecule has 0 aromatic heterocycles. The lowest BCUT2D eigenvalue weighted by atomic mass is 9.97. The van der Waals surface area contributed by atoms with Gasteiger partial charge in [-0.05, 0) is 105 Å². The van der Waals surface area contributed by atoms with Crippen LogP contribution in [0.5, 0.6) is 0 Å². The number of hydrogen-bond donors (Lipinski definition) is 0. The van der Waals surface area contributed by atoms with E-state index in [1.54, 1.807) is 0 Å². The molecule has 55 heavy (non-hydrogen) atoms. The quantitative estimate of drug-likeness (QED) is 0.109. The molecule has 1 atom stereocenters. The van der Waals surface area contributed by atoms with Gasteiger partial charge in [0.25, 0.3) is 0 Å². The minimum Gasteiger partial charge on any atom is -0.310 e. The van der Waals surface area contributed by atoms with Gasteiger partial charge in [0.2, 0.25) is 0 Å². The summed E-state index contributed by atoms with van der Waals surface area (Å²) in [5.41, 5.74) is 8.09. The monoisotopic (exact) mass is 706 g/mol. The molecule has 0 N–H and O–H groups in total. The topological polar surface area (TPSA) is 6.48 Å². The van der Waals surface area contributed by atoms with Gasteiger partial charge in [-0.25, -0.2) is 0 Å². The molecule has 0 saturated heterocycles. The van der Waals surface area contributed by atoms with Gasteiger partial charge in [0, 0.05) is 33.5 Å². The fraction of sp³-hybridized carbons (Fsp3) is 0.0566. The summed E-state index contributed by atoms with van der Waals surface area (Å²) in [6, 6.07) is 70.1. The molecular weight excluding hydrogens is 665 g/mol. The van der Waals surface area contributed by atoms with Crippen LogP contribution < -0.4 is 9.80 Å². The summed E-state index contributed by atoms with van der Waals surface area (Å²) in [6.07, 6.45) is 6.83. The third kappa shape index (κ3) is 6.43. The first-order chi connectivity index (χ1) is 27.2. The van der Waals surface area contributed by atoms with Crippen molar-refractivity contribution in [3.05, 3.63) is 224 Å². The molecule has 2 heteroatoms. The van der Waals surface area contributed by atoms with E-state index in [2.05, 4.69) is 236 Å². The number of anilines is 5. The van der Waals surface area contributed by atoms with E-state index in [4.69, 9.17) is 0 Å². The van der Waals surface area contributed by atoms with Crippen LogP contribution in [-0.4, -0.2) is 0 Å². The molecule has 0 heterocycles. The van der Waals surface area contributed by atoms with E-state index in [1.807, 2.05) is 0 Å². The van der Waals surface area contributed by atoms with Crippen LogP contribution in [0.15, 0.2) is 218 Å². The summed E-state index contributed by atoms with van der Waals surface area (Å²) >= 11 is 0. The van der Waals surface area contributed by atoms with Crippen LogP contribution in [0.3, 0.4) is 0 Å². The Kier molecular flexibility index (Phi) is 9.15. The molecule has 9 rings (SSSR count). The molecule has 9 aromatic rings. The van der Waals surface area contributed by atoms with Gasteiger partial charge in [-0.1, -0.05) is 165 Å². The molecule has 264 valence electrons. The summed E-state index contributed by atoms with van der Waals surface area (Å²) in [7, 11) is 0. The maximum atomic E-state index is 2.40. The van der Waals surface area contributed by atoms with Crippen LogP contribution in [-0.2, 0) is 0 Å². The van der Waals surface area contributed by atoms with E-state index in [-0.39, 0.29) is 5.92 Å². The van der Waals surface area contributed by atoms with Crippen molar-refractivity contribution in [1.29, 1.82) is 0 Å². The Labute approximate surface area is 323 Å². The average molecular weight is 707 g/mol. The number of nitrogens with zero attached hydrogens (tertiary/aromatic N) is 2. The van der Waals surface area contributed by atoms with E-state index in [9.17, 15) is 0 Å². The molecule has 2 nitrogen and oxygen atoms in total. The standard InChI is InChI=1S/C53H42N2/c1-3-42(54(43-20-6-4-7-21-43)52-36-40-18-10-12-24-46(40)48-26-14-16-28-50(48)52)33-30-38(2)39-31-34-45(35-32-39)55(44-22-8-5-9-23-44)53-37-41-19-11-13-25-47(41)49-27-15-17-29-51(49)53/h3-38H,1-2H3/b33-30-,42-3+. The highest BCUT2D eigenvalue weighted by molar-refractivity contribution is 6.15. The first-order valence-corrected chi connectivity index (χ1v) is 19.1. The van der Waals surface area contributed by atoms with E-state index in [0.717, 1.165) is 28.4 Å². The molecule has 0 saturated carbocycles. The fourth-order valence-corrected chi connectivity index (χ4v) is 8.03. The number of benzene rings is 9. The van der Waals surface area contributed by atoms with Gasteiger partial charge >= 0.3 is 0 Å². The van der Waals surface area contributed by atoms with Gasteiger partial charge in [-0.15, -0.1) is 0 Å². The first kappa shape index (κ1) is 33.9. The predicted octanol–water partition coefficient (Wildman–Crippen LogP) is 15.2. The van der Waals surface area contributed by atoms with Crippen LogP contribution in [0.25, 0.3) is 43.1 Å². The molecule has 1 unspecified atom stereocenters. The molecular formula is C53H42N2. The van der Waals surface area contributed by atoms with Crippen molar-refractivity contribution in [3.8, 4) is 0 Å². The van der Waals surface area contributed by atoms with Crippen LogP contribution in [0, 0.1) is 0 Å². The molecule has 0 aliphatic carbocycles. The Balaban J connectivity index is 1.08. The van der Waals surface area contributed by atoms with E-state index >= 15 is 0 Å². The van der Waals surface area contributed by atoms with Crippen molar-refractivity contribution in [1.82, 2.24) is 0 Å². The van der Waals surface area contributed by atoms with Crippen molar-refractivity contribution in [2.75, 3.05) is 9.80 Å². The minimum atomic E-state index is 0.182. The lowest BCUT2D eigenvalue weighted by Gasteiger charge is -2.28. The zero-order valence-electron chi connectivity index (χ0n) is 31.2. The molecule has 0 fully saturated rings. The summed E-state index contributed by atoms with van der Waals surface area (Å²) in [5.74, 6) is 0.182. The third-order valence-electron chi connectivity index (χ3n) is 10.8. The minimum absolute atomic E-state index is 0.182. The predicted molar refractivity (Wildman–Crippen MR) is 237 cm³/mol. The van der Waals surface area contributed by atoms with Crippen LogP contribution in [0.2, 0.25) is 0 Å². The van der Waals surface area contributed by atoms with Gasteiger partial charge in [0.1, 0.15) is 0 Å². The highest BCUT2D eigenvalue weighted by Gasteiger charge is 2.19. The second kappa shape index (κ2) is 14.9. The van der Waals surface area contributed by atoms with Gasteiger partial charge in [0.15, 0.2) is 0 Å². The molecule has 0 bridgehead atoms. The number of rotatable bonds is 9. The molecule has 0 amide bonds. The summed E-state index contributed by atoms with van der Waals surface area (Å²) < 4.78 is 0. The highest BCUT2D eigenvalue weighted by atomic mass is 15.2. The van der Waals surface area contributed by atoms with E-state index < -0.39 is 0 Å². The fourth-order valence-electron chi connectivity index (χ4n) is 8.03. The van der Waals surface area contributed by atoms with E-state index in [0.29, 0.717) is 0 Å². The van der Waals surface area contributed by atoms with Crippen molar-refractivity contribution in [3.63, 3.8) is 0 Å². The summed E-state index contributed by atoms with van der Waals surface area (Å²) in [4.78, 5) is 4.79. The van der Waals surface area contributed by atoms with Gasteiger partial charge in [0.05, 0.1) is 11.4 Å². The zero-order valence-corrected chi connectivity index (χ0v) is 31.2. The first-order valence-electron chi connectivity index (χ1n) is 19.1. The lowest BCUT2D eigenvalue weighted by Crippen LogP contribution is -2.15. The number of allylic oxidation sites excluding steroid dienone is 3.